The lowest BCUT2D eigenvalue weighted by Gasteiger charge is -2.16. The standard InChI is InChI=1S/C24H40O3/c1-4-7-10-11-12-15-22(24(26)27)18-19-16-20(13-8-5-2)23(25)21(17-19)14-9-6-3/h16-17,22,25H,4-15,18H2,1-3H3,(H,26,27). The van der Waals surface area contributed by atoms with Crippen LogP contribution in [-0.2, 0) is 24.1 Å². The van der Waals surface area contributed by atoms with E-state index in [0.717, 1.165) is 74.5 Å². The fourth-order valence-electron chi connectivity index (χ4n) is 3.66. The van der Waals surface area contributed by atoms with Crippen molar-refractivity contribution in [3.05, 3.63) is 28.8 Å². The van der Waals surface area contributed by atoms with E-state index in [4.69, 9.17) is 0 Å². The average Bonchev–Trinajstić information content (AvgIpc) is 2.65. The Morgan fingerprint density at radius 3 is 1.85 bits per heavy atom. The molecule has 0 aliphatic heterocycles. The number of unbranched alkanes of at least 4 members (excludes halogenated alkanes) is 6. The molecule has 0 aliphatic rings. The number of aliphatic carboxylic acids is 1. The van der Waals surface area contributed by atoms with Gasteiger partial charge in [-0.15, -0.1) is 0 Å². The zero-order valence-electron chi connectivity index (χ0n) is 17.7. The normalized spacial score (nSPS) is 12.3. The monoisotopic (exact) mass is 376 g/mol. The third-order valence-electron chi connectivity index (χ3n) is 5.41. The molecule has 27 heavy (non-hydrogen) atoms. The van der Waals surface area contributed by atoms with E-state index >= 15 is 0 Å². The molecule has 0 aromatic heterocycles. The van der Waals surface area contributed by atoms with E-state index < -0.39 is 5.97 Å². The van der Waals surface area contributed by atoms with Gasteiger partial charge in [-0.1, -0.05) is 77.8 Å². The molecule has 0 spiro atoms. The Hall–Kier alpha value is -1.51. The van der Waals surface area contributed by atoms with Crippen LogP contribution in [0.1, 0.15) is 102 Å². The maximum atomic E-state index is 11.8. The number of aromatic hydroxyl groups is 1. The molecule has 0 saturated carbocycles. The molecule has 1 atom stereocenters. The second-order valence-electron chi connectivity index (χ2n) is 7.91. The van der Waals surface area contributed by atoms with Crippen LogP contribution in [0.25, 0.3) is 0 Å². The van der Waals surface area contributed by atoms with Crippen molar-refractivity contribution in [1.82, 2.24) is 0 Å². The van der Waals surface area contributed by atoms with Gasteiger partial charge in [-0.3, -0.25) is 4.79 Å². The quantitative estimate of drug-likeness (QED) is 0.336. The first-order valence-corrected chi connectivity index (χ1v) is 11.1. The largest absolute Gasteiger partial charge is 0.507 e. The summed E-state index contributed by atoms with van der Waals surface area (Å²) in [5.74, 6) is -0.579. The number of hydrogen-bond donors (Lipinski definition) is 2. The maximum absolute atomic E-state index is 11.8. The Balaban J connectivity index is 2.87. The zero-order chi connectivity index (χ0) is 20.1. The fraction of sp³-hybridized carbons (Fsp3) is 0.708. The van der Waals surface area contributed by atoms with E-state index in [1.54, 1.807) is 0 Å². The highest BCUT2D eigenvalue weighted by molar-refractivity contribution is 5.70. The van der Waals surface area contributed by atoms with E-state index in [1.807, 2.05) is 12.1 Å². The van der Waals surface area contributed by atoms with Crippen LogP contribution < -0.4 is 0 Å². The molecule has 0 bridgehead atoms. The van der Waals surface area contributed by atoms with Gasteiger partial charge in [-0.05, 0) is 55.2 Å². The summed E-state index contributed by atoms with van der Waals surface area (Å²) in [6, 6.07) is 4.10. The van der Waals surface area contributed by atoms with Crippen LogP contribution in [0.4, 0.5) is 0 Å². The molecule has 1 aromatic carbocycles. The van der Waals surface area contributed by atoms with Gasteiger partial charge < -0.3 is 10.2 Å². The van der Waals surface area contributed by atoms with Crippen molar-refractivity contribution in [3.8, 4) is 5.75 Å². The molecule has 0 radical (unpaired) electrons. The van der Waals surface area contributed by atoms with Crippen LogP contribution in [-0.4, -0.2) is 16.2 Å². The molecular weight excluding hydrogens is 336 g/mol. The van der Waals surface area contributed by atoms with Crippen molar-refractivity contribution in [3.63, 3.8) is 0 Å². The highest BCUT2D eigenvalue weighted by atomic mass is 16.4. The fourth-order valence-corrected chi connectivity index (χ4v) is 3.66. The predicted octanol–water partition coefficient (Wildman–Crippen LogP) is 6.68. The molecule has 0 heterocycles. The van der Waals surface area contributed by atoms with E-state index in [9.17, 15) is 15.0 Å². The van der Waals surface area contributed by atoms with Crippen molar-refractivity contribution in [1.29, 1.82) is 0 Å². The Bertz CT molecular complexity index is 522. The van der Waals surface area contributed by atoms with Crippen molar-refractivity contribution >= 4 is 5.97 Å². The smallest absolute Gasteiger partial charge is 0.306 e. The maximum Gasteiger partial charge on any atom is 0.306 e. The summed E-state index contributed by atoms with van der Waals surface area (Å²) in [7, 11) is 0. The van der Waals surface area contributed by atoms with Crippen LogP contribution in [0.5, 0.6) is 5.75 Å². The molecule has 0 fully saturated rings. The molecule has 0 aliphatic carbocycles. The summed E-state index contributed by atoms with van der Waals surface area (Å²) in [5.41, 5.74) is 3.06. The Morgan fingerprint density at radius 1 is 0.852 bits per heavy atom. The topological polar surface area (TPSA) is 57.5 Å². The Morgan fingerprint density at radius 2 is 1.37 bits per heavy atom. The number of benzene rings is 1. The predicted molar refractivity (Wildman–Crippen MR) is 114 cm³/mol. The van der Waals surface area contributed by atoms with Gasteiger partial charge in [0.2, 0.25) is 0 Å². The molecule has 154 valence electrons. The van der Waals surface area contributed by atoms with Crippen molar-refractivity contribution < 1.29 is 15.0 Å². The second kappa shape index (κ2) is 13.6. The first-order valence-electron chi connectivity index (χ1n) is 11.1. The second-order valence-corrected chi connectivity index (χ2v) is 7.91. The summed E-state index contributed by atoms with van der Waals surface area (Å²) in [6.45, 7) is 6.49. The SMILES string of the molecule is CCCCCCCC(Cc1cc(CCCC)c(O)c(CCCC)c1)C(=O)O. The summed E-state index contributed by atoms with van der Waals surface area (Å²) in [6.07, 6.45) is 13.1. The first-order chi connectivity index (χ1) is 13.0. The van der Waals surface area contributed by atoms with Crippen molar-refractivity contribution in [2.24, 2.45) is 5.92 Å². The molecule has 0 amide bonds. The number of carboxylic acids is 1. The molecule has 1 unspecified atom stereocenters. The molecule has 3 nitrogen and oxygen atoms in total. The summed E-state index contributed by atoms with van der Waals surface area (Å²) in [5, 5.41) is 20.3. The highest BCUT2D eigenvalue weighted by Gasteiger charge is 2.19. The van der Waals surface area contributed by atoms with Gasteiger partial charge in [-0.2, -0.15) is 0 Å². The van der Waals surface area contributed by atoms with Crippen molar-refractivity contribution in [2.45, 2.75) is 104 Å². The summed E-state index contributed by atoms with van der Waals surface area (Å²) >= 11 is 0. The van der Waals surface area contributed by atoms with Gasteiger partial charge in [0.25, 0.3) is 0 Å². The molecule has 0 saturated heterocycles. The first kappa shape index (κ1) is 23.5. The van der Waals surface area contributed by atoms with Crippen LogP contribution in [0.15, 0.2) is 12.1 Å². The Labute approximate surface area is 166 Å². The van der Waals surface area contributed by atoms with Crippen LogP contribution in [0.3, 0.4) is 0 Å². The molecule has 1 rings (SSSR count). The molecule has 3 heteroatoms. The number of rotatable bonds is 15. The lowest BCUT2D eigenvalue weighted by Crippen LogP contribution is -2.17. The number of carboxylic acid groups (broad SMARTS) is 1. The molecular formula is C24H40O3. The van der Waals surface area contributed by atoms with Gasteiger partial charge in [0, 0.05) is 0 Å². The lowest BCUT2D eigenvalue weighted by atomic mass is 9.90. The zero-order valence-corrected chi connectivity index (χ0v) is 17.7. The number of carbonyl (C=O) groups is 1. The minimum atomic E-state index is -0.691. The van der Waals surface area contributed by atoms with Gasteiger partial charge in [0.05, 0.1) is 5.92 Å². The number of aryl methyl sites for hydroxylation is 2. The molecule has 1 aromatic rings. The van der Waals surface area contributed by atoms with Crippen molar-refractivity contribution in [2.75, 3.05) is 0 Å². The third kappa shape index (κ3) is 8.81. The van der Waals surface area contributed by atoms with E-state index in [-0.39, 0.29) is 5.92 Å². The van der Waals surface area contributed by atoms with Gasteiger partial charge in [-0.25, -0.2) is 0 Å². The van der Waals surface area contributed by atoms with E-state index in [0.29, 0.717) is 12.2 Å². The minimum Gasteiger partial charge on any atom is -0.507 e. The van der Waals surface area contributed by atoms with Crippen LogP contribution in [0, 0.1) is 5.92 Å². The van der Waals surface area contributed by atoms with Gasteiger partial charge in [0.15, 0.2) is 0 Å². The van der Waals surface area contributed by atoms with Gasteiger partial charge in [0.1, 0.15) is 5.75 Å². The number of phenolic OH excluding ortho intramolecular Hbond substituents is 1. The number of hydrogen-bond acceptors (Lipinski definition) is 2. The summed E-state index contributed by atoms with van der Waals surface area (Å²) in [4.78, 5) is 11.8. The van der Waals surface area contributed by atoms with Gasteiger partial charge >= 0.3 is 5.97 Å². The highest BCUT2D eigenvalue weighted by Crippen LogP contribution is 2.29. The molecule has 2 N–H and O–H groups in total. The lowest BCUT2D eigenvalue weighted by molar-refractivity contribution is -0.142. The van der Waals surface area contributed by atoms with E-state index in [2.05, 4.69) is 20.8 Å². The number of phenols is 1. The van der Waals surface area contributed by atoms with Crippen LogP contribution >= 0.6 is 0 Å². The third-order valence-corrected chi connectivity index (χ3v) is 5.41. The minimum absolute atomic E-state index is 0.325. The van der Waals surface area contributed by atoms with Crippen LogP contribution in [0.2, 0.25) is 0 Å². The van der Waals surface area contributed by atoms with E-state index in [1.165, 1.54) is 19.3 Å². The Kier molecular flexibility index (Phi) is 11.9. The summed E-state index contributed by atoms with van der Waals surface area (Å²) < 4.78 is 0. The average molecular weight is 377 g/mol.